The van der Waals surface area contributed by atoms with E-state index in [0.29, 0.717) is 28.2 Å². The minimum Gasteiger partial charge on any atom is -0.339 e. The topological polar surface area (TPSA) is 51.0 Å². The van der Waals surface area contributed by atoms with E-state index in [4.69, 9.17) is 4.52 Å². The zero-order valence-corrected chi connectivity index (χ0v) is 13.1. The number of hydrogen-bond donors (Lipinski definition) is 1. The molecule has 1 aromatic carbocycles. The van der Waals surface area contributed by atoms with Crippen LogP contribution in [0.15, 0.2) is 27.2 Å². The predicted octanol–water partition coefficient (Wildman–Crippen LogP) is 3.57. The van der Waals surface area contributed by atoms with Crippen LogP contribution in [0.4, 0.5) is 4.39 Å². The average Bonchev–Trinajstić information content (AvgIpc) is 2.83. The molecule has 0 bridgehead atoms. The molecule has 0 fully saturated rings. The Kier molecular flexibility index (Phi) is 5.25. The van der Waals surface area contributed by atoms with Gasteiger partial charge in [-0.1, -0.05) is 28.0 Å². The molecule has 0 aliphatic heterocycles. The quantitative estimate of drug-likeness (QED) is 0.872. The summed E-state index contributed by atoms with van der Waals surface area (Å²) in [5, 5.41) is 7.25. The van der Waals surface area contributed by atoms with Crippen molar-refractivity contribution in [1.82, 2.24) is 15.5 Å². The Bertz CT molecular complexity index is 553. The molecule has 0 radical (unpaired) electrons. The van der Waals surface area contributed by atoms with E-state index < -0.39 is 0 Å². The van der Waals surface area contributed by atoms with Gasteiger partial charge in [0, 0.05) is 22.5 Å². The summed E-state index contributed by atoms with van der Waals surface area (Å²) in [4.78, 5) is 4.31. The molecule has 20 heavy (non-hydrogen) atoms. The fraction of sp³-hybridized carbons (Fsp3) is 0.429. The summed E-state index contributed by atoms with van der Waals surface area (Å²) in [7, 11) is 0. The van der Waals surface area contributed by atoms with Crippen LogP contribution in [0.1, 0.15) is 26.2 Å². The number of aromatic nitrogens is 2. The summed E-state index contributed by atoms with van der Waals surface area (Å²) < 4.78 is 19.2. The van der Waals surface area contributed by atoms with Gasteiger partial charge in [-0.25, -0.2) is 4.39 Å². The molecule has 4 nitrogen and oxygen atoms in total. The van der Waals surface area contributed by atoms with Gasteiger partial charge in [-0.15, -0.1) is 0 Å². The summed E-state index contributed by atoms with van der Waals surface area (Å²) in [6, 6.07) is 4.80. The molecule has 0 amide bonds. The fourth-order valence-corrected chi connectivity index (χ4v) is 2.33. The second kappa shape index (κ2) is 6.95. The Morgan fingerprint density at radius 3 is 2.90 bits per heavy atom. The molecule has 0 saturated heterocycles. The van der Waals surface area contributed by atoms with Gasteiger partial charge in [-0.05, 0) is 38.1 Å². The molecule has 0 aliphatic rings. The highest BCUT2D eigenvalue weighted by Crippen LogP contribution is 2.22. The third kappa shape index (κ3) is 4.11. The zero-order valence-electron chi connectivity index (χ0n) is 11.5. The van der Waals surface area contributed by atoms with Gasteiger partial charge in [0.1, 0.15) is 5.82 Å². The number of hydrogen-bond acceptors (Lipinski definition) is 4. The summed E-state index contributed by atoms with van der Waals surface area (Å²) in [5.41, 5.74) is 0.598. The first-order chi connectivity index (χ1) is 9.58. The second-order valence-corrected chi connectivity index (χ2v) is 5.64. The Labute approximate surface area is 125 Å². The highest BCUT2D eigenvalue weighted by atomic mass is 79.9. The number of rotatable bonds is 6. The highest BCUT2D eigenvalue weighted by molar-refractivity contribution is 9.10. The molecular formula is C14H17BrFN3O. The molecule has 0 spiro atoms. The van der Waals surface area contributed by atoms with E-state index in [9.17, 15) is 4.39 Å². The Balaban J connectivity index is 2.08. The fourth-order valence-electron chi connectivity index (χ4n) is 1.86. The van der Waals surface area contributed by atoms with Crippen molar-refractivity contribution in [3.8, 4) is 11.4 Å². The van der Waals surface area contributed by atoms with Gasteiger partial charge in [0.2, 0.25) is 11.7 Å². The Morgan fingerprint density at radius 1 is 1.40 bits per heavy atom. The average molecular weight is 342 g/mol. The van der Waals surface area contributed by atoms with Gasteiger partial charge in [0.15, 0.2) is 0 Å². The van der Waals surface area contributed by atoms with Crippen LogP contribution in [-0.2, 0) is 6.42 Å². The van der Waals surface area contributed by atoms with Crippen LogP contribution in [0, 0.1) is 5.82 Å². The van der Waals surface area contributed by atoms with Gasteiger partial charge in [0.05, 0.1) is 0 Å². The maximum absolute atomic E-state index is 13.3. The summed E-state index contributed by atoms with van der Waals surface area (Å²) >= 11 is 3.25. The van der Waals surface area contributed by atoms with Crippen molar-refractivity contribution in [2.75, 3.05) is 6.54 Å². The summed E-state index contributed by atoms with van der Waals surface area (Å²) in [6.45, 7) is 5.14. The van der Waals surface area contributed by atoms with Crippen LogP contribution in [0.5, 0.6) is 0 Å². The number of nitrogens with one attached hydrogen (secondary N) is 1. The van der Waals surface area contributed by atoms with Gasteiger partial charge in [-0.2, -0.15) is 4.98 Å². The van der Waals surface area contributed by atoms with Gasteiger partial charge < -0.3 is 9.84 Å². The molecule has 1 aromatic heterocycles. The first kappa shape index (κ1) is 15.1. The standard InChI is InChI=1S/C14H17BrFN3O/c1-3-4-17-9(2)5-13-18-14(19-20-13)10-6-11(15)8-12(16)7-10/h6-9,17H,3-5H2,1-2H3. The van der Waals surface area contributed by atoms with Crippen LogP contribution in [0.3, 0.4) is 0 Å². The molecule has 108 valence electrons. The van der Waals surface area contributed by atoms with Crippen molar-refractivity contribution in [2.24, 2.45) is 0 Å². The van der Waals surface area contributed by atoms with Crippen molar-refractivity contribution in [3.05, 3.63) is 34.4 Å². The normalized spacial score (nSPS) is 12.6. The van der Waals surface area contributed by atoms with E-state index >= 15 is 0 Å². The number of halogens is 2. The van der Waals surface area contributed by atoms with Crippen LogP contribution in [-0.4, -0.2) is 22.7 Å². The predicted molar refractivity (Wildman–Crippen MR) is 78.9 cm³/mol. The van der Waals surface area contributed by atoms with Crippen LogP contribution < -0.4 is 5.32 Å². The second-order valence-electron chi connectivity index (χ2n) is 4.73. The first-order valence-corrected chi connectivity index (χ1v) is 7.40. The van der Waals surface area contributed by atoms with Gasteiger partial charge in [-0.3, -0.25) is 0 Å². The van der Waals surface area contributed by atoms with Crippen molar-refractivity contribution in [3.63, 3.8) is 0 Å². The molecule has 1 heterocycles. The van der Waals surface area contributed by atoms with Crippen molar-refractivity contribution >= 4 is 15.9 Å². The number of nitrogens with zero attached hydrogens (tertiary/aromatic N) is 2. The smallest absolute Gasteiger partial charge is 0.228 e. The maximum Gasteiger partial charge on any atom is 0.228 e. The first-order valence-electron chi connectivity index (χ1n) is 6.61. The zero-order chi connectivity index (χ0) is 14.5. The lowest BCUT2D eigenvalue weighted by atomic mass is 10.2. The van der Waals surface area contributed by atoms with Crippen LogP contribution in [0.2, 0.25) is 0 Å². The van der Waals surface area contributed by atoms with Crippen LogP contribution in [0.25, 0.3) is 11.4 Å². The third-order valence-corrected chi connectivity index (χ3v) is 3.27. The molecule has 1 atom stereocenters. The van der Waals surface area contributed by atoms with Crippen molar-refractivity contribution < 1.29 is 8.91 Å². The van der Waals surface area contributed by atoms with Crippen molar-refractivity contribution in [2.45, 2.75) is 32.7 Å². The Hall–Kier alpha value is -1.27. The van der Waals surface area contributed by atoms with Crippen LogP contribution >= 0.6 is 15.9 Å². The molecule has 6 heteroatoms. The molecule has 1 unspecified atom stereocenters. The molecular weight excluding hydrogens is 325 g/mol. The molecule has 2 aromatic rings. The molecule has 0 saturated carbocycles. The van der Waals surface area contributed by atoms with E-state index in [1.54, 1.807) is 6.07 Å². The van der Waals surface area contributed by atoms with E-state index in [2.05, 4.69) is 45.2 Å². The highest BCUT2D eigenvalue weighted by Gasteiger charge is 2.12. The van der Waals surface area contributed by atoms with Gasteiger partial charge in [0.25, 0.3) is 0 Å². The van der Waals surface area contributed by atoms with E-state index in [-0.39, 0.29) is 11.9 Å². The van der Waals surface area contributed by atoms with E-state index in [0.717, 1.165) is 13.0 Å². The largest absolute Gasteiger partial charge is 0.339 e. The van der Waals surface area contributed by atoms with Gasteiger partial charge >= 0.3 is 0 Å². The Morgan fingerprint density at radius 2 is 2.20 bits per heavy atom. The maximum atomic E-state index is 13.3. The minimum atomic E-state index is -0.335. The van der Waals surface area contributed by atoms with Crippen molar-refractivity contribution in [1.29, 1.82) is 0 Å². The summed E-state index contributed by atoms with van der Waals surface area (Å²) in [5.74, 6) is 0.623. The summed E-state index contributed by atoms with van der Waals surface area (Å²) in [6.07, 6.45) is 1.74. The molecule has 1 N–H and O–H groups in total. The lowest BCUT2D eigenvalue weighted by molar-refractivity contribution is 0.362. The SMILES string of the molecule is CCCNC(C)Cc1nc(-c2cc(F)cc(Br)c2)no1. The lowest BCUT2D eigenvalue weighted by Crippen LogP contribution is -2.28. The molecule has 2 rings (SSSR count). The van der Waals surface area contributed by atoms with E-state index in [1.807, 2.05) is 0 Å². The number of benzene rings is 1. The lowest BCUT2D eigenvalue weighted by Gasteiger charge is -2.09. The monoisotopic (exact) mass is 341 g/mol. The molecule has 0 aliphatic carbocycles. The minimum absolute atomic E-state index is 0.266. The third-order valence-electron chi connectivity index (χ3n) is 2.81. The van der Waals surface area contributed by atoms with E-state index in [1.165, 1.54) is 12.1 Å².